The highest BCUT2D eigenvalue weighted by molar-refractivity contribution is 5.38. The molecule has 0 unspecified atom stereocenters. The lowest BCUT2D eigenvalue weighted by atomic mass is 9.86. The van der Waals surface area contributed by atoms with Crippen LogP contribution in [0.15, 0.2) is 24.3 Å². The predicted molar refractivity (Wildman–Crippen MR) is 98.5 cm³/mol. The lowest BCUT2D eigenvalue weighted by Gasteiger charge is -2.23. The molecule has 1 aliphatic rings. The minimum absolute atomic E-state index is 0.147. The molecular weight excluding hydrogens is 282 g/mol. The molecule has 1 saturated heterocycles. The molecule has 2 nitrogen and oxygen atoms in total. The summed E-state index contributed by atoms with van der Waals surface area (Å²) in [6, 6.07) is 8.49. The summed E-state index contributed by atoms with van der Waals surface area (Å²) in [7, 11) is 0. The molecule has 1 N–H and O–H groups in total. The standard InChI is InChI=1S/C21H35NO/c1-21(2,3)19-13-7-8-14-20(19)23-18-12-5-4-9-15-22-16-10-6-11-17-22/h7-8,13-14H,4-6,9-12,15-18H2,1-3H3/p+1. The van der Waals surface area contributed by atoms with E-state index in [1.807, 2.05) is 4.90 Å². The molecule has 2 heteroatoms. The van der Waals surface area contributed by atoms with Gasteiger partial charge in [-0.1, -0.05) is 39.0 Å². The molecule has 1 aromatic carbocycles. The summed E-state index contributed by atoms with van der Waals surface area (Å²) in [5, 5.41) is 0. The van der Waals surface area contributed by atoms with Gasteiger partial charge in [0, 0.05) is 0 Å². The Morgan fingerprint density at radius 1 is 0.913 bits per heavy atom. The molecule has 1 fully saturated rings. The maximum atomic E-state index is 6.05. The van der Waals surface area contributed by atoms with Crippen molar-refractivity contribution in [3.63, 3.8) is 0 Å². The normalized spacial score (nSPS) is 16.5. The Kier molecular flexibility index (Phi) is 7.42. The van der Waals surface area contributed by atoms with E-state index in [4.69, 9.17) is 4.74 Å². The average molecular weight is 319 g/mol. The van der Waals surface area contributed by atoms with Gasteiger partial charge in [-0.05, 0) is 62.0 Å². The first-order valence-electron chi connectivity index (χ1n) is 9.63. The number of unbranched alkanes of at least 4 members (excludes halogenated alkanes) is 3. The average Bonchev–Trinajstić information content (AvgIpc) is 2.54. The van der Waals surface area contributed by atoms with Crippen molar-refractivity contribution >= 4 is 0 Å². The van der Waals surface area contributed by atoms with Crippen molar-refractivity contribution in [1.82, 2.24) is 0 Å². The van der Waals surface area contributed by atoms with E-state index in [9.17, 15) is 0 Å². The fourth-order valence-corrected chi connectivity index (χ4v) is 3.53. The number of hydrogen-bond acceptors (Lipinski definition) is 1. The molecule has 130 valence electrons. The van der Waals surface area contributed by atoms with E-state index < -0.39 is 0 Å². The lowest BCUT2D eigenvalue weighted by Crippen LogP contribution is -3.12. The van der Waals surface area contributed by atoms with Gasteiger partial charge in [-0.15, -0.1) is 0 Å². The van der Waals surface area contributed by atoms with Gasteiger partial charge < -0.3 is 9.64 Å². The van der Waals surface area contributed by atoms with Crippen molar-refractivity contribution in [2.75, 3.05) is 26.2 Å². The molecule has 1 aromatic rings. The topological polar surface area (TPSA) is 13.7 Å². The SMILES string of the molecule is CC(C)(C)c1ccccc1OCCCCCC[NH+]1CCCCC1. The smallest absolute Gasteiger partial charge is 0.123 e. The van der Waals surface area contributed by atoms with Crippen molar-refractivity contribution < 1.29 is 9.64 Å². The van der Waals surface area contributed by atoms with Gasteiger partial charge in [0.25, 0.3) is 0 Å². The third-order valence-electron chi connectivity index (χ3n) is 4.94. The molecule has 1 aliphatic heterocycles. The molecule has 0 amide bonds. The minimum Gasteiger partial charge on any atom is -0.493 e. The molecule has 1 heterocycles. The number of para-hydroxylation sites is 1. The summed E-state index contributed by atoms with van der Waals surface area (Å²) in [5.41, 5.74) is 1.46. The number of likely N-dealkylation sites (tertiary alicyclic amines) is 1. The summed E-state index contributed by atoms with van der Waals surface area (Å²) in [6.45, 7) is 11.8. The van der Waals surface area contributed by atoms with Crippen LogP contribution in [0.4, 0.5) is 0 Å². The molecule has 2 rings (SSSR count). The number of hydrogen-bond donors (Lipinski definition) is 1. The number of nitrogens with one attached hydrogen (secondary N) is 1. The van der Waals surface area contributed by atoms with Crippen molar-refractivity contribution in [3.8, 4) is 5.75 Å². The van der Waals surface area contributed by atoms with Gasteiger partial charge in [0.1, 0.15) is 5.75 Å². The number of piperidine rings is 1. The zero-order valence-electron chi connectivity index (χ0n) is 15.5. The summed E-state index contributed by atoms with van der Waals surface area (Å²) >= 11 is 0. The Morgan fingerprint density at radius 2 is 1.61 bits per heavy atom. The molecule has 0 atom stereocenters. The van der Waals surface area contributed by atoms with Gasteiger partial charge in [-0.2, -0.15) is 0 Å². The van der Waals surface area contributed by atoms with Crippen molar-refractivity contribution in [2.24, 2.45) is 0 Å². The predicted octanol–water partition coefficient (Wildman–Crippen LogP) is 3.99. The van der Waals surface area contributed by atoms with Crippen LogP contribution >= 0.6 is 0 Å². The molecule has 0 saturated carbocycles. The van der Waals surface area contributed by atoms with Gasteiger partial charge >= 0.3 is 0 Å². The highest BCUT2D eigenvalue weighted by atomic mass is 16.5. The van der Waals surface area contributed by atoms with Crippen molar-refractivity contribution in [3.05, 3.63) is 29.8 Å². The number of quaternary nitrogens is 1. The van der Waals surface area contributed by atoms with Crippen molar-refractivity contribution in [1.29, 1.82) is 0 Å². The van der Waals surface area contributed by atoms with Gasteiger partial charge in [0.2, 0.25) is 0 Å². The number of ether oxygens (including phenoxy) is 1. The zero-order chi connectivity index (χ0) is 16.5. The molecule has 0 aliphatic carbocycles. The van der Waals surface area contributed by atoms with E-state index in [0.29, 0.717) is 0 Å². The molecular formula is C21H36NO+. The molecule has 0 aromatic heterocycles. The van der Waals surface area contributed by atoms with Crippen LogP contribution in [0.1, 0.15) is 71.3 Å². The molecule has 0 spiro atoms. The van der Waals surface area contributed by atoms with Gasteiger partial charge in [0.15, 0.2) is 0 Å². The van der Waals surface area contributed by atoms with Gasteiger partial charge in [-0.25, -0.2) is 0 Å². The fraction of sp³-hybridized carbons (Fsp3) is 0.714. The molecule has 0 bridgehead atoms. The Balaban J connectivity index is 1.59. The van der Waals surface area contributed by atoms with Crippen LogP contribution in [0.5, 0.6) is 5.75 Å². The van der Waals surface area contributed by atoms with E-state index in [1.165, 1.54) is 70.1 Å². The van der Waals surface area contributed by atoms with Gasteiger partial charge in [-0.3, -0.25) is 0 Å². The minimum atomic E-state index is 0.147. The molecule has 0 radical (unpaired) electrons. The highest BCUT2D eigenvalue weighted by Gasteiger charge is 2.18. The number of rotatable bonds is 8. The van der Waals surface area contributed by atoms with Crippen LogP contribution in [0.2, 0.25) is 0 Å². The quantitative estimate of drug-likeness (QED) is 0.716. The first kappa shape index (κ1) is 18.3. The number of benzene rings is 1. The first-order valence-corrected chi connectivity index (χ1v) is 9.63. The Bertz CT molecular complexity index is 443. The van der Waals surface area contributed by atoms with E-state index in [0.717, 1.165) is 12.4 Å². The van der Waals surface area contributed by atoms with E-state index >= 15 is 0 Å². The summed E-state index contributed by atoms with van der Waals surface area (Å²) in [5.74, 6) is 1.07. The Hall–Kier alpha value is -1.02. The Labute approximate surface area is 143 Å². The third-order valence-corrected chi connectivity index (χ3v) is 4.94. The van der Waals surface area contributed by atoms with E-state index in [-0.39, 0.29) is 5.41 Å². The Morgan fingerprint density at radius 3 is 2.35 bits per heavy atom. The maximum absolute atomic E-state index is 6.05. The van der Waals surface area contributed by atoms with Crippen LogP contribution in [-0.2, 0) is 5.41 Å². The second-order valence-electron chi connectivity index (χ2n) is 8.07. The fourth-order valence-electron chi connectivity index (χ4n) is 3.53. The largest absolute Gasteiger partial charge is 0.493 e. The van der Waals surface area contributed by atoms with Crippen LogP contribution in [0.3, 0.4) is 0 Å². The van der Waals surface area contributed by atoms with Crippen LogP contribution in [0, 0.1) is 0 Å². The summed E-state index contributed by atoms with van der Waals surface area (Å²) in [4.78, 5) is 1.84. The van der Waals surface area contributed by atoms with E-state index in [1.54, 1.807) is 0 Å². The van der Waals surface area contributed by atoms with Crippen LogP contribution in [-0.4, -0.2) is 26.2 Å². The van der Waals surface area contributed by atoms with Gasteiger partial charge in [0.05, 0.1) is 26.2 Å². The maximum Gasteiger partial charge on any atom is 0.123 e. The van der Waals surface area contributed by atoms with E-state index in [2.05, 4.69) is 45.0 Å². The first-order chi connectivity index (χ1) is 11.1. The van der Waals surface area contributed by atoms with Crippen LogP contribution < -0.4 is 9.64 Å². The third kappa shape index (κ3) is 6.55. The zero-order valence-corrected chi connectivity index (χ0v) is 15.5. The lowest BCUT2D eigenvalue weighted by molar-refractivity contribution is -0.905. The highest BCUT2D eigenvalue weighted by Crippen LogP contribution is 2.30. The summed E-state index contributed by atoms with van der Waals surface area (Å²) < 4.78 is 6.05. The second-order valence-corrected chi connectivity index (χ2v) is 8.07. The van der Waals surface area contributed by atoms with Crippen molar-refractivity contribution in [2.45, 2.75) is 71.1 Å². The monoisotopic (exact) mass is 318 g/mol. The summed E-state index contributed by atoms with van der Waals surface area (Å²) in [6.07, 6.45) is 9.55. The second kappa shape index (κ2) is 9.32. The van der Waals surface area contributed by atoms with Crippen LogP contribution in [0.25, 0.3) is 0 Å². The molecule has 23 heavy (non-hydrogen) atoms.